The summed E-state index contributed by atoms with van der Waals surface area (Å²) in [5, 5.41) is 7.47. The van der Waals surface area contributed by atoms with Crippen LogP contribution in [0.1, 0.15) is 32.3 Å². The highest BCUT2D eigenvalue weighted by molar-refractivity contribution is 7.80. The molecule has 1 fully saturated rings. The molecule has 0 bridgehead atoms. The van der Waals surface area contributed by atoms with Crippen molar-refractivity contribution in [2.45, 2.75) is 32.4 Å². The zero-order valence-electron chi connectivity index (χ0n) is 17.7. The minimum absolute atomic E-state index is 0.303. The number of anilines is 1. The van der Waals surface area contributed by atoms with Crippen molar-refractivity contribution in [1.82, 2.24) is 25.9 Å². The third-order valence-corrected chi connectivity index (χ3v) is 6.06. The third kappa shape index (κ3) is 4.88. The van der Waals surface area contributed by atoms with Crippen LogP contribution < -0.4 is 16.3 Å². The van der Waals surface area contributed by atoms with Gasteiger partial charge in [0.15, 0.2) is 0 Å². The van der Waals surface area contributed by atoms with Gasteiger partial charge in [0.2, 0.25) is 0 Å². The molecule has 30 heavy (non-hydrogen) atoms. The number of nitrogens with one attached hydrogen (secondary N) is 3. The molecule has 0 saturated carbocycles. The van der Waals surface area contributed by atoms with E-state index in [0.717, 1.165) is 58.8 Å². The number of aromatic nitrogens is 1. The summed E-state index contributed by atoms with van der Waals surface area (Å²) in [6.07, 6.45) is 5.70. The van der Waals surface area contributed by atoms with Gasteiger partial charge in [-0.2, -0.15) is 0 Å². The summed E-state index contributed by atoms with van der Waals surface area (Å²) in [4.78, 5) is 7.55. The normalized spacial score (nSPS) is 18.4. The van der Waals surface area contributed by atoms with Crippen molar-refractivity contribution >= 4 is 39.5 Å². The van der Waals surface area contributed by atoms with E-state index in [1.54, 1.807) is 13.8 Å². The Morgan fingerprint density at radius 2 is 2.03 bits per heavy atom. The van der Waals surface area contributed by atoms with Crippen LogP contribution in [0, 0.1) is 5.92 Å². The number of alkyl halides is 1. The summed E-state index contributed by atoms with van der Waals surface area (Å²) < 4.78 is 13.9. The molecule has 160 valence electrons. The predicted octanol–water partition coefficient (Wildman–Crippen LogP) is 3.69. The average Bonchev–Trinajstić information content (AvgIpc) is 3.12. The Labute approximate surface area is 182 Å². The fourth-order valence-electron chi connectivity index (χ4n) is 4.11. The van der Waals surface area contributed by atoms with Crippen LogP contribution in [0.3, 0.4) is 0 Å². The van der Waals surface area contributed by atoms with Crippen LogP contribution in [0.5, 0.6) is 0 Å². The second kappa shape index (κ2) is 8.45. The molecule has 0 unspecified atom stereocenters. The minimum atomic E-state index is -1.16. The van der Waals surface area contributed by atoms with Crippen LogP contribution in [0.25, 0.3) is 16.5 Å². The Kier molecular flexibility index (Phi) is 5.90. The van der Waals surface area contributed by atoms with E-state index in [2.05, 4.69) is 44.4 Å². The van der Waals surface area contributed by atoms with E-state index in [-0.39, 0.29) is 0 Å². The number of halogens is 1. The first-order chi connectivity index (χ1) is 14.3. The number of piperidine rings is 1. The first kappa shape index (κ1) is 21.0. The molecule has 6 nitrogen and oxygen atoms in total. The second-order valence-corrected chi connectivity index (χ2v) is 9.17. The molecule has 4 rings (SSSR count). The lowest BCUT2D eigenvalue weighted by Gasteiger charge is -2.34. The van der Waals surface area contributed by atoms with Gasteiger partial charge >= 0.3 is 0 Å². The van der Waals surface area contributed by atoms with Gasteiger partial charge in [0, 0.05) is 42.9 Å². The Morgan fingerprint density at radius 3 is 2.70 bits per heavy atom. The lowest BCUT2D eigenvalue weighted by atomic mass is 9.95. The molecule has 1 saturated heterocycles. The summed E-state index contributed by atoms with van der Waals surface area (Å²) in [6.45, 7) is 5.50. The Hall–Kier alpha value is -2.29. The van der Waals surface area contributed by atoms with E-state index >= 15 is 0 Å². The molecule has 1 aromatic carbocycles. The average molecular weight is 429 g/mol. The second-order valence-electron chi connectivity index (χ2n) is 8.73. The zero-order valence-corrected chi connectivity index (χ0v) is 18.5. The number of hydrogen-bond acceptors (Lipinski definition) is 6. The number of benzene rings is 1. The largest absolute Gasteiger partial charge is 0.334 e. The van der Waals surface area contributed by atoms with Gasteiger partial charge in [-0.3, -0.25) is 5.01 Å². The molecule has 3 N–H and O–H groups in total. The highest BCUT2D eigenvalue weighted by Gasteiger charge is 2.27. The maximum atomic E-state index is 13.9. The Balaban J connectivity index is 1.42. The molecule has 0 atom stereocenters. The number of fused-ring (bicyclic) bond motifs is 1. The third-order valence-electron chi connectivity index (χ3n) is 5.63. The van der Waals surface area contributed by atoms with Crippen molar-refractivity contribution in [1.29, 1.82) is 0 Å². The van der Waals surface area contributed by atoms with Crippen LogP contribution in [0.2, 0.25) is 0 Å². The van der Waals surface area contributed by atoms with Crippen molar-refractivity contribution in [3.05, 3.63) is 42.2 Å². The fourth-order valence-corrected chi connectivity index (χ4v) is 4.45. The van der Waals surface area contributed by atoms with Crippen molar-refractivity contribution in [2.24, 2.45) is 5.92 Å². The van der Waals surface area contributed by atoms with Crippen LogP contribution in [0.4, 0.5) is 10.2 Å². The number of thiocarbonyl (C=S) groups is 1. The highest BCUT2D eigenvalue weighted by atomic mass is 32.1. The molecule has 1 aromatic heterocycles. The monoisotopic (exact) mass is 428 g/mol. The van der Waals surface area contributed by atoms with E-state index in [1.165, 1.54) is 0 Å². The SMILES string of the molecule is CN1NNC=C1c1ccc2cnc(NC(=S)C3CCN(CC(C)(C)F)CC3)cc2c1. The maximum absolute atomic E-state index is 13.9. The van der Waals surface area contributed by atoms with Gasteiger partial charge < -0.3 is 15.6 Å². The van der Waals surface area contributed by atoms with E-state index < -0.39 is 5.67 Å². The van der Waals surface area contributed by atoms with Crippen LogP contribution in [-0.2, 0) is 0 Å². The summed E-state index contributed by atoms with van der Waals surface area (Å²) >= 11 is 5.68. The van der Waals surface area contributed by atoms with Gasteiger partial charge in [-0.05, 0) is 57.3 Å². The topological polar surface area (TPSA) is 55.5 Å². The van der Waals surface area contributed by atoms with Crippen molar-refractivity contribution in [3.63, 3.8) is 0 Å². The summed E-state index contributed by atoms with van der Waals surface area (Å²) in [5.41, 5.74) is 7.07. The van der Waals surface area contributed by atoms with Gasteiger partial charge in [0.25, 0.3) is 0 Å². The number of hydrazine groups is 2. The van der Waals surface area contributed by atoms with Gasteiger partial charge in [-0.25, -0.2) is 9.37 Å². The molecule has 0 aliphatic carbocycles. The van der Waals surface area contributed by atoms with Crippen molar-refractivity contribution < 1.29 is 4.39 Å². The van der Waals surface area contributed by atoms with Crippen LogP contribution in [-0.4, -0.2) is 52.2 Å². The quantitative estimate of drug-likeness (QED) is 0.628. The van der Waals surface area contributed by atoms with Gasteiger partial charge in [-0.15, -0.1) is 5.53 Å². The lowest BCUT2D eigenvalue weighted by molar-refractivity contribution is 0.105. The smallest absolute Gasteiger partial charge is 0.131 e. The minimum Gasteiger partial charge on any atom is -0.334 e. The van der Waals surface area contributed by atoms with E-state index in [1.807, 2.05) is 30.5 Å². The molecule has 3 heterocycles. The standard InChI is InChI=1S/C22H29FN6S/c1-22(2,23)14-29-8-6-15(7-9-29)21(30)26-20-11-18-10-16(4-5-17(18)12-24-20)19-13-25-27-28(19)3/h4-5,10-13,15,25,27H,6-9,14H2,1-3H3,(H,24,26,30). The number of hydrogen-bond donors (Lipinski definition) is 3. The molecule has 0 amide bonds. The Bertz CT molecular complexity index is 962. The van der Waals surface area contributed by atoms with Gasteiger partial charge in [0.1, 0.15) is 11.5 Å². The van der Waals surface area contributed by atoms with Crippen LogP contribution >= 0.6 is 12.2 Å². The van der Waals surface area contributed by atoms with E-state index in [0.29, 0.717) is 12.5 Å². The maximum Gasteiger partial charge on any atom is 0.131 e. The molecule has 8 heteroatoms. The molecule has 2 aromatic rings. The molecular formula is C22H29FN6S. The predicted molar refractivity (Wildman–Crippen MR) is 124 cm³/mol. The number of nitrogens with zero attached hydrogens (tertiary/aromatic N) is 3. The van der Waals surface area contributed by atoms with E-state index in [4.69, 9.17) is 12.2 Å². The fraction of sp³-hybridized carbons (Fsp3) is 0.455. The van der Waals surface area contributed by atoms with Gasteiger partial charge in [-0.1, -0.05) is 24.4 Å². The Morgan fingerprint density at radius 1 is 1.27 bits per heavy atom. The van der Waals surface area contributed by atoms with Crippen LogP contribution in [0.15, 0.2) is 36.7 Å². The zero-order chi connectivity index (χ0) is 21.3. The molecular weight excluding hydrogens is 399 g/mol. The first-order valence-corrected chi connectivity index (χ1v) is 10.8. The first-order valence-electron chi connectivity index (χ1n) is 10.4. The summed E-state index contributed by atoms with van der Waals surface area (Å²) in [6, 6.07) is 8.36. The molecule has 2 aliphatic rings. The molecule has 0 spiro atoms. The molecule has 2 aliphatic heterocycles. The van der Waals surface area contributed by atoms with E-state index in [9.17, 15) is 4.39 Å². The highest BCUT2D eigenvalue weighted by Crippen LogP contribution is 2.26. The van der Waals surface area contributed by atoms with Crippen molar-refractivity contribution in [2.75, 3.05) is 32.0 Å². The summed E-state index contributed by atoms with van der Waals surface area (Å²) in [5.74, 6) is 1.07. The van der Waals surface area contributed by atoms with Gasteiger partial charge in [0.05, 0.1) is 10.7 Å². The number of rotatable bonds is 5. The lowest BCUT2D eigenvalue weighted by Crippen LogP contribution is -2.43. The van der Waals surface area contributed by atoms with Crippen molar-refractivity contribution in [3.8, 4) is 0 Å². The molecule has 0 radical (unpaired) electrons. The summed E-state index contributed by atoms with van der Waals surface area (Å²) in [7, 11) is 1.97. The number of pyridine rings is 1. The number of likely N-dealkylation sites (tertiary alicyclic amines) is 1.